The minimum Gasteiger partial charge on any atom is -0.481 e. The fourth-order valence-corrected chi connectivity index (χ4v) is 2.28. The van der Waals surface area contributed by atoms with Crippen LogP contribution in [-0.4, -0.2) is 16.1 Å². The lowest BCUT2D eigenvalue weighted by molar-refractivity contribution is -0.141. The first-order valence-corrected chi connectivity index (χ1v) is 4.75. The Kier molecular flexibility index (Phi) is 1.87. The third-order valence-electron chi connectivity index (χ3n) is 3.33. The minimum absolute atomic E-state index is 0.245. The maximum absolute atomic E-state index is 13.5. The van der Waals surface area contributed by atoms with Gasteiger partial charge in [-0.15, -0.1) is 0 Å². The molecule has 0 aromatic carbocycles. The maximum Gasteiger partial charge on any atom is 0.314 e. The van der Waals surface area contributed by atoms with Crippen molar-refractivity contribution in [3.8, 4) is 0 Å². The Morgan fingerprint density at radius 3 is 2.60 bits per heavy atom. The number of rotatable bonds is 2. The van der Waals surface area contributed by atoms with Gasteiger partial charge in [0.25, 0.3) is 0 Å². The fourth-order valence-electron chi connectivity index (χ4n) is 2.28. The van der Waals surface area contributed by atoms with Crippen molar-refractivity contribution in [2.24, 2.45) is 5.41 Å². The highest BCUT2D eigenvalue weighted by Crippen LogP contribution is 2.64. The number of carboxylic acid groups (broad SMARTS) is 1. The molecular formula is C11H12FNO2. The molecule has 0 spiro atoms. The average Bonchev–Trinajstić information content (AvgIpc) is 2.71. The first-order chi connectivity index (χ1) is 6.92. The third kappa shape index (κ3) is 1.17. The summed E-state index contributed by atoms with van der Waals surface area (Å²) in [5.41, 5.74) is -1.21. The van der Waals surface area contributed by atoms with Crippen molar-refractivity contribution >= 4 is 5.97 Å². The van der Waals surface area contributed by atoms with Crippen LogP contribution < -0.4 is 0 Å². The molecule has 0 aliphatic heterocycles. The molecule has 80 valence electrons. The summed E-state index contributed by atoms with van der Waals surface area (Å²) < 4.78 is 13.5. The van der Waals surface area contributed by atoms with Gasteiger partial charge in [-0.05, 0) is 17.9 Å². The van der Waals surface area contributed by atoms with E-state index in [4.69, 9.17) is 0 Å². The molecule has 1 aromatic rings. The predicted molar refractivity (Wildman–Crippen MR) is 51.9 cm³/mol. The first kappa shape index (κ1) is 10.1. The molecule has 0 radical (unpaired) electrons. The second-order valence-corrected chi connectivity index (χ2v) is 4.63. The van der Waals surface area contributed by atoms with Gasteiger partial charge in [0.2, 0.25) is 0 Å². The lowest BCUT2D eigenvalue weighted by Gasteiger charge is -2.16. The Bertz CT molecular complexity index is 430. The van der Waals surface area contributed by atoms with Crippen LogP contribution >= 0.6 is 0 Å². The summed E-state index contributed by atoms with van der Waals surface area (Å²) in [6.45, 7) is 3.67. The topological polar surface area (TPSA) is 50.2 Å². The normalized spacial score (nSPS) is 27.4. The predicted octanol–water partition coefficient (Wildman–Crippen LogP) is 1.97. The number of carbonyl (C=O) groups is 1. The van der Waals surface area contributed by atoms with Gasteiger partial charge < -0.3 is 5.11 Å². The molecule has 3 nitrogen and oxygen atoms in total. The van der Waals surface area contributed by atoms with Crippen molar-refractivity contribution in [2.75, 3.05) is 0 Å². The van der Waals surface area contributed by atoms with Crippen LogP contribution in [0, 0.1) is 11.2 Å². The van der Waals surface area contributed by atoms with Gasteiger partial charge in [-0.2, -0.15) is 0 Å². The van der Waals surface area contributed by atoms with Crippen LogP contribution in [-0.2, 0) is 10.2 Å². The second-order valence-electron chi connectivity index (χ2n) is 4.63. The third-order valence-corrected chi connectivity index (χ3v) is 3.33. The molecule has 1 N–H and O–H groups in total. The molecule has 1 saturated carbocycles. The monoisotopic (exact) mass is 209 g/mol. The van der Waals surface area contributed by atoms with Crippen LogP contribution in [0.2, 0.25) is 0 Å². The van der Waals surface area contributed by atoms with E-state index in [9.17, 15) is 14.3 Å². The zero-order valence-corrected chi connectivity index (χ0v) is 8.62. The Morgan fingerprint density at radius 2 is 2.20 bits per heavy atom. The van der Waals surface area contributed by atoms with E-state index in [1.54, 1.807) is 0 Å². The Balaban J connectivity index is 2.55. The zero-order chi connectivity index (χ0) is 11.3. The number of pyridine rings is 1. The van der Waals surface area contributed by atoms with Gasteiger partial charge in [0.05, 0.1) is 6.20 Å². The van der Waals surface area contributed by atoms with Gasteiger partial charge in [0.15, 0.2) is 0 Å². The molecule has 15 heavy (non-hydrogen) atoms. The van der Waals surface area contributed by atoms with Crippen LogP contribution in [0.15, 0.2) is 18.5 Å². The smallest absolute Gasteiger partial charge is 0.314 e. The number of hydrogen-bond acceptors (Lipinski definition) is 2. The number of nitrogens with zero attached hydrogens (tertiary/aromatic N) is 1. The Morgan fingerprint density at radius 1 is 1.60 bits per heavy atom. The molecule has 1 heterocycles. The van der Waals surface area contributed by atoms with E-state index in [2.05, 4.69) is 4.98 Å². The SMILES string of the molecule is CC1(C)CC1(C(=O)O)c1ccncc1F. The van der Waals surface area contributed by atoms with Crippen LogP contribution in [0.5, 0.6) is 0 Å². The molecule has 1 aliphatic carbocycles. The van der Waals surface area contributed by atoms with Crippen molar-refractivity contribution in [3.05, 3.63) is 29.8 Å². The highest BCUT2D eigenvalue weighted by Gasteiger charge is 2.68. The van der Waals surface area contributed by atoms with E-state index in [1.165, 1.54) is 12.3 Å². The van der Waals surface area contributed by atoms with Crippen molar-refractivity contribution in [1.29, 1.82) is 0 Å². The average molecular weight is 209 g/mol. The van der Waals surface area contributed by atoms with Crippen LogP contribution in [0.25, 0.3) is 0 Å². The molecule has 0 amide bonds. The van der Waals surface area contributed by atoms with E-state index in [0.29, 0.717) is 6.42 Å². The lowest BCUT2D eigenvalue weighted by Crippen LogP contribution is -2.26. The molecule has 0 saturated heterocycles. The summed E-state index contributed by atoms with van der Waals surface area (Å²) in [5, 5.41) is 9.23. The highest BCUT2D eigenvalue weighted by molar-refractivity contribution is 5.87. The van der Waals surface area contributed by atoms with Crippen LogP contribution in [0.1, 0.15) is 25.8 Å². The highest BCUT2D eigenvalue weighted by atomic mass is 19.1. The Hall–Kier alpha value is -1.45. The van der Waals surface area contributed by atoms with E-state index < -0.39 is 17.2 Å². The zero-order valence-electron chi connectivity index (χ0n) is 8.62. The van der Waals surface area contributed by atoms with E-state index in [0.717, 1.165) is 6.20 Å². The minimum atomic E-state index is -1.07. The molecule has 1 fully saturated rings. The molecule has 0 bridgehead atoms. The second kappa shape index (κ2) is 2.78. The molecular weight excluding hydrogens is 197 g/mol. The summed E-state index contributed by atoms with van der Waals surface area (Å²) in [6, 6.07) is 1.46. The number of aliphatic carboxylic acids is 1. The van der Waals surface area contributed by atoms with Gasteiger partial charge in [0.1, 0.15) is 11.2 Å². The molecule has 1 aliphatic rings. The summed E-state index contributed by atoms with van der Waals surface area (Å²) >= 11 is 0. The van der Waals surface area contributed by atoms with Crippen LogP contribution in [0.3, 0.4) is 0 Å². The van der Waals surface area contributed by atoms with E-state index in [1.807, 2.05) is 13.8 Å². The number of hydrogen-bond donors (Lipinski definition) is 1. The fraction of sp³-hybridized carbons (Fsp3) is 0.455. The summed E-state index contributed by atoms with van der Waals surface area (Å²) in [7, 11) is 0. The summed E-state index contributed by atoms with van der Waals surface area (Å²) in [5.74, 6) is -1.50. The molecule has 1 aromatic heterocycles. The van der Waals surface area contributed by atoms with Crippen molar-refractivity contribution in [1.82, 2.24) is 4.98 Å². The molecule has 1 atom stereocenters. The van der Waals surface area contributed by atoms with Gasteiger partial charge in [-0.1, -0.05) is 13.8 Å². The van der Waals surface area contributed by atoms with Gasteiger partial charge in [-0.25, -0.2) is 4.39 Å². The molecule has 4 heteroatoms. The van der Waals surface area contributed by atoms with Gasteiger partial charge >= 0.3 is 5.97 Å². The van der Waals surface area contributed by atoms with Gasteiger partial charge in [-0.3, -0.25) is 9.78 Å². The number of carboxylic acids is 1. The van der Waals surface area contributed by atoms with E-state index in [-0.39, 0.29) is 11.0 Å². The van der Waals surface area contributed by atoms with Crippen molar-refractivity contribution in [2.45, 2.75) is 25.7 Å². The van der Waals surface area contributed by atoms with Crippen molar-refractivity contribution in [3.63, 3.8) is 0 Å². The number of aromatic nitrogens is 1. The first-order valence-electron chi connectivity index (χ1n) is 4.75. The standard InChI is InChI=1S/C11H12FNO2/c1-10(2)6-11(10,9(14)15)7-3-4-13-5-8(7)12/h3-5H,6H2,1-2H3,(H,14,15). The lowest BCUT2D eigenvalue weighted by atomic mass is 9.88. The summed E-state index contributed by atoms with van der Waals surface area (Å²) in [6.07, 6.45) is 2.96. The van der Waals surface area contributed by atoms with Crippen LogP contribution in [0.4, 0.5) is 4.39 Å². The van der Waals surface area contributed by atoms with Gasteiger partial charge in [0, 0.05) is 11.8 Å². The molecule has 2 rings (SSSR count). The van der Waals surface area contributed by atoms with E-state index >= 15 is 0 Å². The molecule has 1 unspecified atom stereocenters. The Labute approximate surface area is 87.0 Å². The number of halogens is 1. The van der Waals surface area contributed by atoms with Crippen molar-refractivity contribution < 1.29 is 14.3 Å². The summed E-state index contributed by atoms with van der Waals surface area (Å²) in [4.78, 5) is 14.9. The largest absolute Gasteiger partial charge is 0.481 e. The quantitative estimate of drug-likeness (QED) is 0.810. The maximum atomic E-state index is 13.5.